The van der Waals surface area contributed by atoms with Gasteiger partial charge in [-0.2, -0.15) is 11.8 Å². The summed E-state index contributed by atoms with van der Waals surface area (Å²) in [5, 5.41) is 7.13. The first-order chi connectivity index (χ1) is 11.6. The van der Waals surface area contributed by atoms with Crippen LogP contribution in [0.5, 0.6) is 5.75 Å². The van der Waals surface area contributed by atoms with Crippen LogP contribution in [0.1, 0.15) is 24.4 Å². The first-order valence-electron chi connectivity index (χ1n) is 8.59. The predicted octanol–water partition coefficient (Wildman–Crippen LogP) is 2.11. The summed E-state index contributed by atoms with van der Waals surface area (Å²) in [6.07, 6.45) is 2.17. The van der Waals surface area contributed by atoms with Gasteiger partial charge in [-0.25, -0.2) is 0 Å². The molecule has 2 N–H and O–H groups in total. The highest BCUT2D eigenvalue weighted by molar-refractivity contribution is 7.99. The van der Waals surface area contributed by atoms with E-state index in [1.165, 1.54) is 23.5 Å². The standard InChI is InChI=1S/C18H28N4OS/c1-19-17(20-12-18(22(2)3)9-11-24-13-18)21-15-8-10-23-16-7-5-4-6-14(15)16/h4-7,15H,8-13H2,1-3H3,(H2,19,20,21). The van der Waals surface area contributed by atoms with Crippen molar-refractivity contribution in [1.29, 1.82) is 0 Å². The maximum Gasteiger partial charge on any atom is 0.191 e. The minimum atomic E-state index is 0.218. The average molecular weight is 349 g/mol. The summed E-state index contributed by atoms with van der Waals surface area (Å²) in [7, 11) is 6.20. The molecule has 132 valence electrons. The lowest BCUT2D eigenvalue weighted by Crippen LogP contribution is -2.55. The van der Waals surface area contributed by atoms with E-state index in [-0.39, 0.29) is 11.6 Å². The van der Waals surface area contributed by atoms with Crippen molar-refractivity contribution in [3.63, 3.8) is 0 Å². The summed E-state index contributed by atoms with van der Waals surface area (Å²) >= 11 is 2.04. The molecule has 5 nitrogen and oxygen atoms in total. The number of likely N-dealkylation sites (N-methyl/N-ethyl adjacent to an activating group) is 1. The summed E-state index contributed by atoms with van der Waals surface area (Å²) in [5.41, 5.74) is 1.43. The number of rotatable bonds is 4. The van der Waals surface area contributed by atoms with Gasteiger partial charge in [0, 0.05) is 36.9 Å². The van der Waals surface area contributed by atoms with Gasteiger partial charge in [-0.1, -0.05) is 18.2 Å². The molecule has 0 saturated carbocycles. The van der Waals surface area contributed by atoms with Gasteiger partial charge in [-0.3, -0.25) is 4.99 Å². The molecule has 1 aromatic rings. The van der Waals surface area contributed by atoms with Crippen LogP contribution in [0, 0.1) is 0 Å². The maximum absolute atomic E-state index is 5.75. The highest BCUT2D eigenvalue weighted by Crippen LogP contribution is 2.32. The van der Waals surface area contributed by atoms with Gasteiger partial charge >= 0.3 is 0 Å². The van der Waals surface area contributed by atoms with Gasteiger partial charge in [0.2, 0.25) is 0 Å². The Morgan fingerprint density at radius 1 is 1.42 bits per heavy atom. The minimum Gasteiger partial charge on any atom is -0.493 e. The second kappa shape index (κ2) is 7.66. The zero-order valence-corrected chi connectivity index (χ0v) is 15.7. The number of hydrogen-bond acceptors (Lipinski definition) is 4. The van der Waals surface area contributed by atoms with Gasteiger partial charge in [0.05, 0.1) is 12.6 Å². The Morgan fingerprint density at radius 3 is 2.96 bits per heavy atom. The van der Waals surface area contributed by atoms with Crippen molar-refractivity contribution in [3.05, 3.63) is 29.8 Å². The lowest BCUT2D eigenvalue weighted by atomic mass is 9.97. The second-order valence-electron chi connectivity index (χ2n) is 6.72. The monoisotopic (exact) mass is 348 g/mol. The molecule has 2 heterocycles. The Hall–Kier alpha value is -1.40. The normalized spacial score (nSPS) is 26.8. The number of guanidine groups is 1. The van der Waals surface area contributed by atoms with E-state index in [1.807, 2.05) is 30.9 Å². The van der Waals surface area contributed by atoms with Crippen LogP contribution in [0.25, 0.3) is 0 Å². The molecule has 24 heavy (non-hydrogen) atoms. The van der Waals surface area contributed by atoms with Gasteiger partial charge < -0.3 is 20.3 Å². The number of fused-ring (bicyclic) bond motifs is 1. The number of thioether (sulfide) groups is 1. The number of hydrogen-bond donors (Lipinski definition) is 2. The van der Waals surface area contributed by atoms with E-state index in [0.717, 1.165) is 31.3 Å². The van der Waals surface area contributed by atoms with Crippen LogP contribution in [-0.4, -0.2) is 62.2 Å². The molecule has 3 rings (SSSR count). The minimum absolute atomic E-state index is 0.218. The molecule has 1 aromatic carbocycles. The number of ether oxygens (including phenoxy) is 1. The van der Waals surface area contributed by atoms with Crippen LogP contribution < -0.4 is 15.4 Å². The fourth-order valence-corrected chi connectivity index (χ4v) is 4.90. The SMILES string of the molecule is CN=C(NCC1(N(C)C)CCSC1)NC1CCOc2ccccc21. The molecule has 2 atom stereocenters. The van der Waals surface area contributed by atoms with Crippen LogP contribution in [0.2, 0.25) is 0 Å². The summed E-state index contributed by atoms with van der Waals surface area (Å²) in [6.45, 7) is 1.65. The van der Waals surface area contributed by atoms with Crippen molar-refractivity contribution < 1.29 is 4.74 Å². The number of nitrogens with one attached hydrogen (secondary N) is 2. The summed E-state index contributed by atoms with van der Waals surface area (Å²) < 4.78 is 5.75. The molecule has 0 aliphatic carbocycles. The fourth-order valence-electron chi connectivity index (χ4n) is 3.35. The van der Waals surface area contributed by atoms with Crippen LogP contribution in [0.4, 0.5) is 0 Å². The third kappa shape index (κ3) is 3.64. The maximum atomic E-state index is 5.75. The number of aliphatic imine (C=N–C) groups is 1. The van der Waals surface area contributed by atoms with E-state index in [2.05, 4.69) is 46.8 Å². The Labute approximate surface area is 149 Å². The number of nitrogens with zero attached hydrogens (tertiary/aromatic N) is 2. The lowest BCUT2D eigenvalue weighted by molar-refractivity contribution is 0.182. The lowest BCUT2D eigenvalue weighted by Gasteiger charge is -2.36. The first-order valence-corrected chi connectivity index (χ1v) is 9.74. The second-order valence-corrected chi connectivity index (χ2v) is 7.82. The predicted molar refractivity (Wildman–Crippen MR) is 102 cm³/mol. The highest BCUT2D eigenvalue weighted by atomic mass is 32.2. The Balaban J connectivity index is 1.64. The molecule has 0 bridgehead atoms. The van der Waals surface area contributed by atoms with Crippen molar-refractivity contribution in [3.8, 4) is 5.75 Å². The van der Waals surface area contributed by atoms with Crippen molar-refractivity contribution in [2.45, 2.75) is 24.4 Å². The third-order valence-corrected chi connectivity index (χ3v) is 6.34. The van der Waals surface area contributed by atoms with Gasteiger partial charge in [0.15, 0.2) is 5.96 Å². The third-order valence-electron chi connectivity index (χ3n) is 5.11. The number of benzene rings is 1. The van der Waals surface area contributed by atoms with Crippen molar-refractivity contribution in [2.24, 2.45) is 4.99 Å². The molecular weight excluding hydrogens is 320 g/mol. The van der Waals surface area contributed by atoms with Crippen LogP contribution >= 0.6 is 11.8 Å². The first kappa shape index (κ1) is 17.4. The molecule has 2 unspecified atom stereocenters. The van der Waals surface area contributed by atoms with E-state index in [4.69, 9.17) is 4.74 Å². The molecule has 1 fully saturated rings. The molecule has 0 aromatic heterocycles. The van der Waals surface area contributed by atoms with E-state index in [9.17, 15) is 0 Å². The fraction of sp³-hybridized carbons (Fsp3) is 0.611. The molecule has 6 heteroatoms. The molecule has 0 radical (unpaired) electrons. The molecular formula is C18H28N4OS. The van der Waals surface area contributed by atoms with Crippen molar-refractivity contribution in [1.82, 2.24) is 15.5 Å². The molecule has 0 spiro atoms. The van der Waals surface area contributed by atoms with Crippen molar-refractivity contribution >= 4 is 17.7 Å². The zero-order chi connectivity index (χ0) is 17.0. The molecule has 0 amide bonds. The molecule has 2 aliphatic rings. The van der Waals surface area contributed by atoms with Gasteiger partial charge in [0.25, 0.3) is 0 Å². The van der Waals surface area contributed by atoms with Gasteiger partial charge in [-0.15, -0.1) is 0 Å². The van der Waals surface area contributed by atoms with Crippen LogP contribution in [-0.2, 0) is 0 Å². The molecule has 1 saturated heterocycles. The summed E-state index contributed by atoms with van der Waals surface area (Å²) in [5.74, 6) is 4.26. The summed E-state index contributed by atoms with van der Waals surface area (Å²) in [4.78, 5) is 6.79. The Morgan fingerprint density at radius 2 is 2.25 bits per heavy atom. The Kier molecular flexibility index (Phi) is 5.56. The van der Waals surface area contributed by atoms with Gasteiger partial charge in [0.1, 0.15) is 5.75 Å². The number of para-hydroxylation sites is 1. The zero-order valence-electron chi connectivity index (χ0n) is 14.8. The smallest absolute Gasteiger partial charge is 0.191 e. The van der Waals surface area contributed by atoms with Crippen molar-refractivity contribution in [2.75, 3.05) is 45.8 Å². The molecule has 2 aliphatic heterocycles. The van der Waals surface area contributed by atoms with Crippen LogP contribution in [0.15, 0.2) is 29.3 Å². The Bertz CT molecular complexity index is 584. The quantitative estimate of drug-likeness (QED) is 0.645. The van der Waals surface area contributed by atoms with Gasteiger partial charge in [-0.05, 0) is 32.3 Å². The summed E-state index contributed by atoms with van der Waals surface area (Å²) in [6, 6.07) is 8.50. The van der Waals surface area contributed by atoms with E-state index in [0.29, 0.717) is 0 Å². The highest BCUT2D eigenvalue weighted by Gasteiger charge is 2.36. The topological polar surface area (TPSA) is 48.9 Å². The largest absolute Gasteiger partial charge is 0.493 e. The van der Waals surface area contributed by atoms with E-state index >= 15 is 0 Å². The average Bonchev–Trinajstić information content (AvgIpc) is 3.09. The van der Waals surface area contributed by atoms with E-state index in [1.54, 1.807) is 0 Å². The van der Waals surface area contributed by atoms with E-state index < -0.39 is 0 Å². The van der Waals surface area contributed by atoms with Crippen LogP contribution in [0.3, 0.4) is 0 Å².